The molecule has 3 rings (SSSR count). The highest BCUT2D eigenvalue weighted by Gasteiger charge is 2.05. The van der Waals surface area contributed by atoms with Gasteiger partial charge in [-0.15, -0.1) is 0 Å². The quantitative estimate of drug-likeness (QED) is 0.721. The molecule has 2 heteroatoms. The molecule has 0 amide bonds. The van der Waals surface area contributed by atoms with Gasteiger partial charge in [-0.05, 0) is 56.0 Å². The Morgan fingerprint density at radius 1 is 1.09 bits per heavy atom. The van der Waals surface area contributed by atoms with Crippen LogP contribution in [0.5, 0.6) is 0 Å². The molecule has 2 aromatic rings. The van der Waals surface area contributed by atoms with Gasteiger partial charge in [0.15, 0.2) is 0 Å². The van der Waals surface area contributed by atoms with Gasteiger partial charge >= 0.3 is 0 Å². The number of allylic oxidation sites excluding steroid dienone is 4. The summed E-state index contributed by atoms with van der Waals surface area (Å²) in [6.45, 7) is 6.32. The van der Waals surface area contributed by atoms with Crippen molar-refractivity contribution < 1.29 is 0 Å². The van der Waals surface area contributed by atoms with Crippen LogP contribution in [0, 0.1) is 20.8 Å². The third-order valence-corrected chi connectivity index (χ3v) is 3.83. The summed E-state index contributed by atoms with van der Waals surface area (Å²) in [5.41, 5.74) is 7.91. The van der Waals surface area contributed by atoms with Gasteiger partial charge in [0.1, 0.15) is 0 Å². The molecule has 0 saturated heterocycles. The van der Waals surface area contributed by atoms with E-state index in [1.54, 1.807) is 0 Å². The molecular weight excluding hydrogens is 268 g/mol. The second-order valence-corrected chi connectivity index (χ2v) is 5.78. The van der Waals surface area contributed by atoms with E-state index in [-0.39, 0.29) is 0 Å². The SMILES string of the molecule is Cc1cc(C)c(N=Cc2cccc(C3=CC=CC3)n2)c(C)c1. The fourth-order valence-corrected chi connectivity index (χ4v) is 2.85. The van der Waals surface area contributed by atoms with Gasteiger partial charge in [0.2, 0.25) is 0 Å². The van der Waals surface area contributed by atoms with Crippen LogP contribution < -0.4 is 0 Å². The molecule has 0 unspecified atom stereocenters. The zero-order chi connectivity index (χ0) is 15.5. The predicted molar refractivity (Wildman–Crippen MR) is 93.9 cm³/mol. The number of rotatable bonds is 3. The van der Waals surface area contributed by atoms with E-state index in [1.165, 1.54) is 22.3 Å². The van der Waals surface area contributed by atoms with Crippen molar-refractivity contribution in [2.45, 2.75) is 27.2 Å². The first-order chi connectivity index (χ1) is 10.6. The van der Waals surface area contributed by atoms with Gasteiger partial charge in [-0.1, -0.05) is 42.0 Å². The smallest absolute Gasteiger partial charge is 0.0819 e. The normalized spacial score (nSPS) is 13.9. The molecule has 0 bridgehead atoms. The van der Waals surface area contributed by atoms with Gasteiger partial charge in [-0.25, -0.2) is 4.98 Å². The molecule has 22 heavy (non-hydrogen) atoms. The van der Waals surface area contributed by atoms with E-state index in [0.717, 1.165) is 23.5 Å². The first-order valence-electron chi connectivity index (χ1n) is 7.58. The third kappa shape index (κ3) is 3.06. The van der Waals surface area contributed by atoms with Crippen molar-refractivity contribution >= 4 is 17.5 Å². The molecule has 1 aliphatic carbocycles. The van der Waals surface area contributed by atoms with Crippen LogP contribution in [0.4, 0.5) is 5.69 Å². The zero-order valence-electron chi connectivity index (χ0n) is 13.3. The summed E-state index contributed by atoms with van der Waals surface area (Å²) in [5, 5.41) is 0. The molecule has 1 heterocycles. The number of aryl methyl sites for hydroxylation is 3. The first-order valence-corrected chi connectivity index (χ1v) is 7.58. The fourth-order valence-electron chi connectivity index (χ4n) is 2.85. The largest absolute Gasteiger partial charge is 0.254 e. The lowest BCUT2D eigenvalue weighted by atomic mass is 10.1. The maximum Gasteiger partial charge on any atom is 0.0819 e. The lowest BCUT2D eigenvalue weighted by Crippen LogP contribution is -1.93. The van der Waals surface area contributed by atoms with Crippen molar-refractivity contribution in [3.8, 4) is 0 Å². The molecule has 2 nitrogen and oxygen atoms in total. The number of hydrogen-bond donors (Lipinski definition) is 0. The van der Waals surface area contributed by atoms with E-state index >= 15 is 0 Å². The average molecular weight is 288 g/mol. The zero-order valence-corrected chi connectivity index (χ0v) is 13.3. The van der Waals surface area contributed by atoms with Crippen LogP contribution in [0.25, 0.3) is 5.57 Å². The second-order valence-electron chi connectivity index (χ2n) is 5.78. The Hall–Kier alpha value is -2.48. The Morgan fingerprint density at radius 3 is 2.55 bits per heavy atom. The number of nitrogens with zero attached hydrogens (tertiary/aromatic N) is 2. The van der Waals surface area contributed by atoms with Gasteiger partial charge in [0, 0.05) is 0 Å². The van der Waals surface area contributed by atoms with E-state index in [2.05, 4.69) is 67.2 Å². The molecule has 110 valence electrons. The van der Waals surface area contributed by atoms with Gasteiger partial charge in [0.05, 0.1) is 23.3 Å². The summed E-state index contributed by atoms with van der Waals surface area (Å²) < 4.78 is 0. The number of hydrogen-bond acceptors (Lipinski definition) is 2. The average Bonchev–Trinajstić information content (AvgIpc) is 3.00. The van der Waals surface area contributed by atoms with Crippen molar-refractivity contribution in [1.82, 2.24) is 4.98 Å². The maximum absolute atomic E-state index is 4.69. The first kappa shape index (κ1) is 14.5. The minimum absolute atomic E-state index is 0.893. The molecule has 0 atom stereocenters. The van der Waals surface area contributed by atoms with Gasteiger partial charge < -0.3 is 0 Å². The highest BCUT2D eigenvalue weighted by Crippen LogP contribution is 2.25. The summed E-state index contributed by atoms with van der Waals surface area (Å²) in [5.74, 6) is 0. The number of aliphatic imine (C=N–C) groups is 1. The van der Waals surface area contributed by atoms with Crippen LogP contribution in [0.2, 0.25) is 0 Å². The molecule has 0 fully saturated rings. The third-order valence-electron chi connectivity index (χ3n) is 3.83. The van der Waals surface area contributed by atoms with Crippen LogP contribution in [-0.4, -0.2) is 11.2 Å². The summed E-state index contributed by atoms with van der Waals surface area (Å²) in [6, 6.07) is 10.4. The van der Waals surface area contributed by atoms with Crippen molar-refractivity contribution in [3.63, 3.8) is 0 Å². The lowest BCUT2D eigenvalue weighted by molar-refractivity contribution is 1.22. The summed E-state index contributed by atoms with van der Waals surface area (Å²) in [4.78, 5) is 9.35. The molecule has 0 radical (unpaired) electrons. The number of benzene rings is 1. The molecule has 0 saturated carbocycles. The van der Waals surface area contributed by atoms with Crippen molar-refractivity contribution in [1.29, 1.82) is 0 Å². The summed E-state index contributed by atoms with van der Waals surface area (Å²) in [6.07, 6.45) is 9.17. The highest BCUT2D eigenvalue weighted by atomic mass is 14.8. The van der Waals surface area contributed by atoms with Crippen molar-refractivity contribution in [2.24, 2.45) is 4.99 Å². The fraction of sp³-hybridized carbons (Fsp3) is 0.200. The second kappa shape index (κ2) is 6.10. The van der Waals surface area contributed by atoms with Crippen LogP contribution in [0.1, 0.15) is 34.5 Å². The van der Waals surface area contributed by atoms with Gasteiger partial charge in [-0.2, -0.15) is 0 Å². The monoisotopic (exact) mass is 288 g/mol. The Morgan fingerprint density at radius 2 is 1.86 bits per heavy atom. The number of aromatic nitrogens is 1. The Bertz CT molecular complexity index is 772. The maximum atomic E-state index is 4.69. The van der Waals surface area contributed by atoms with Gasteiger partial charge in [0.25, 0.3) is 0 Å². The molecule has 1 aromatic carbocycles. The van der Waals surface area contributed by atoms with E-state index in [1.807, 2.05) is 18.3 Å². The molecular formula is C20H20N2. The Kier molecular flexibility index (Phi) is 4.01. The lowest BCUT2D eigenvalue weighted by Gasteiger charge is -2.06. The minimum atomic E-state index is 0.893. The van der Waals surface area contributed by atoms with E-state index in [4.69, 9.17) is 0 Å². The molecule has 1 aliphatic rings. The van der Waals surface area contributed by atoms with Crippen LogP contribution in [-0.2, 0) is 0 Å². The van der Waals surface area contributed by atoms with Crippen molar-refractivity contribution in [3.05, 3.63) is 76.6 Å². The van der Waals surface area contributed by atoms with Crippen LogP contribution >= 0.6 is 0 Å². The molecule has 1 aromatic heterocycles. The Labute approximate surface area is 132 Å². The summed E-state index contributed by atoms with van der Waals surface area (Å²) in [7, 11) is 0. The van der Waals surface area contributed by atoms with E-state index < -0.39 is 0 Å². The topological polar surface area (TPSA) is 25.2 Å². The van der Waals surface area contributed by atoms with Crippen LogP contribution in [0.15, 0.2) is 53.6 Å². The number of pyridine rings is 1. The summed E-state index contributed by atoms with van der Waals surface area (Å²) >= 11 is 0. The molecule has 0 aliphatic heterocycles. The molecule has 0 spiro atoms. The standard InChI is InChI=1S/C20H20N2/c1-14-11-15(2)20(16(3)12-14)21-13-18-9-6-10-19(22-18)17-7-4-5-8-17/h4-7,9-13H,8H2,1-3H3. The van der Waals surface area contributed by atoms with E-state index in [0.29, 0.717) is 0 Å². The van der Waals surface area contributed by atoms with Crippen LogP contribution in [0.3, 0.4) is 0 Å². The molecule has 0 N–H and O–H groups in total. The van der Waals surface area contributed by atoms with Crippen molar-refractivity contribution in [2.75, 3.05) is 0 Å². The minimum Gasteiger partial charge on any atom is -0.254 e. The Balaban J connectivity index is 1.89. The van der Waals surface area contributed by atoms with E-state index in [9.17, 15) is 0 Å². The predicted octanol–water partition coefficient (Wildman–Crippen LogP) is 5.10. The van der Waals surface area contributed by atoms with Gasteiger partial charge in [-0.3, -0.25) is 4.99 Å². The highest BCUT2D eigenvalue weighted by molar-refractivity contribution is 5.81.